The predicted molar refractivity (Wildman–Crippen MR) is 74.5 cm³/mol. The number of nitrogens with one attached hydrogen (secondary N) is 1. The molecule has 21 heavy (non-hydrogen) atoms. The Morgan fingerprint density at radius 3 is 2.48 bits per heavy atom. The van der Waals surface area contributed by atoms with Crippen LogP contribution in [0, 0.1) is 29.9 Å². The first-order valence-electron chi connectivity index (χ1n) is 6.24. The van der Waals surface area contributed by atoms with Gasteiger partial charge in [-0.05, 0) is 24.1 Å². The third-order valence-electron chi connectivity index (χ3n) is 3.03. The van der Waals surface area contributed by atoms with E-state index < -0.39 is 23.5 Å². The van der Waals surface area contributed by atoms with Gasteiger partial charge in [0.15, 0.2) is 5.92 Å². The monoisotopic (exact) mass is 286 g/mol. The van der Waals surface area contributed by atoms with Gasteiger partial charge in [0.05, 0.1) is 11.8 Å². The van der Waals surface area contributed by atoms with Gasteiger partial charge in [-0.15, -0.1) is 0 Å². The van der Waals surface area contributed by atoms with E-state index in [9.17, 15) is 13.6 Å². The van der Waals surface area contributed by atoms with Gasteiger partial charge < -0.3 is 5.32 Å². The van der Waals surface area contributed by atoms with E-state index in [0.717, 1.165) is 12.1 Å². The van der Waals surface area contributed by atoms with Gasteiger partial charge in [-0.25, -0.2) is 8.78 Å². The van der Waals surface area contributed by atoms with Gasteiger partial charge in [0.2, 0.25) is 5.91 Å². The summed E-state index contributed by atoms with van der Waals surface area (Å²) in [5.74, 6) is -3.16. The van der Waals surface area contributed by atoms with Crippen LogP contribution in [0.15, 0.2) is 42.5 Å². The molecule has 0 radical (unpaired) electrons. The third-order valence-corrected chi connectivity index (χ3v) is 3.03. The average Bonchev–Trinajstić information content (AvgIpc) is 2.46. The van der Waals surface area contributed by atoms with Crippen molar-refractivity contribution in [3.63, 3.8) is 0 Å². The molecule has 106 valence electrons. The first-order valence-corrected chi connectivity index (χ1v) is 6.24. The lowest BCUT2D eigenvalue weighted by Gasteiger charge is -2.12. The van der Waals surface area contributed by atoms with Crippen LogP contribution >= 0.6 is 0 Å². The molecule has 1 unspecified atom stereocenters. The highest BCUT2D eigenvalue weighted by Crippen LogP contribution is 2.22. The lowest BCUT2D eigenvalue weighted by atomic mass is 10.00. The molecule has 0 bridgehead atoms. The molecule has 1 atom stereocenters. The summed E-state index contributed by atoms with van der Waals surface area (Å²) in [5, 5.41) is 11.4. The van der Waals surface area contributed by atoms with E-state index in [1.54, 1.807) is 30.3 Å². The highest BCUT2D eigenvalue weighted by molar-refractivity contribution is 5.97. The summed E-state index contributed by atoms with van der Waals surface area (Å²) in [5.41, 5.74) is 0.357. The molecular formula is C16H12F2N2O. The highest BCUT2D eigenvalue weighted by atomic mass is 19.1. The van der Waals surface area contributed by atoms with Gasteiger partial charge in [0.25, 0.3) is 0 Å². The van der Waals surface area contributed by atoms with Crippen LogP contribution < -0.4 is 5.32 Å². The number of benzene rings is 2. The van der Waals surface area contributed by atoms with Gasteiger partial charge in [0.1, 0.15) is 11.6 Å². The fraction of sp³-hybridized carbons (Fsp3) is 0.125. The van der Waals surface area contributed by atoms with Gasteiger partial charge in [-0.2, -0.15) is 5.26 Å². The Labute approximate surface area is 120 Å². The van der Waals surface area contributed by atoms with E-state index in [4.69, 9.17) is 5.26 Å². The molecule has 2 aromatic rings. The quantitative estimate of drug-likeness (QED) is 0.938. The summed E-state index contributed by atoms with van der Waals surface area (Å²) in [7, 11) is 0. The first kappa shape index (κ1) is 14.7. The van der Waals surface area contributed by atoms with E-state index in [-0.39, 0.29) is 11.3 Å². The number of rotatable bonds is 3. The molecule has 0 saturated carbocycles. The van der Waals surface area contributed by atoms with Crippen molar-refractivity contribution in [2.75, 3.05) is 5.32 Å². The van der Waals surface area contributed by atoms with Crippen molar-refractivity contribution in [1.29, 1.82) is 5.26 Å². The van der Waals surface area contributed by atoms with Crippen molar-refractivity contribution in [1.82, 2.24) is 0 Å². The van der Waals surface area contributed by atoms with Crippen molar-refractivity contribution in [3.05, 3.63) is 65.2 Å². The molecule has 0 heterocycles. The maximum Gasteiger partial charge on any atom is 0.246 e. The van der Waals surface area contributed by atoms with Crippen molar-refractivity contribution in [3.8, 4) is 6.07 Å². The Kier molecular flexibility index (Phi) is 4.29. The second-order valence-electron chi connectivity index (χ2n) is 4.54. The van der Waals surface area contributed by atoms with E-state index in [2.05, 4.69) is 5.32 Å². The molecule has 0 saturated heterocycles. The molecule has 0 aliphatic carbocycles. The zero-order valence-corrected chi connectivity index (χ0v) is 11.2. The summed E-state index contributed by atoms with van der Waals surface area (Å²) >= 11 is 0. The minimum atomic E-state index is -1.09. The zero-order valence-electron chi connectivity index (χ0n) is 11.2. The molecule has 2 rings (SSSR count). The molecule has 0 spiro atoms. The summed E-state index contributed by atoms with van der Waals surface area (Å²) < 4.78 is 27.1. The number of aryl methyl sites for hydroxylation is 1. The van der Waals surface area contributed by atoms with Crippen LogP contribution in [0.1, 0.15) is 17.0 Å². The van der Waals surface area contributed by atoms with Crippen molar-refractivity contribution < 1.29 is 13.6 Å². The van der Waals surface area contributed by atoms with Crippen LogP contribution in [0.5, 0.6) is 0 Å². The third kappa shape index (κ3) is 3.23. The first-order chi connectivity index (χ1) is 10.0. The summed E-state index contributed by atoms with van der Waals surface area (Å²) in [6, 6.07) is 12.1. The second-order valence-corrected chi connectivity index (χ2v) is 4.54. The Bertz CT molecular complexity index is 708. The normalized spacial score (nSPS) is 11.5. The maximum atomic E-state index is 13.7. The Hall–Kier alpha value is -2.74. The lowest BCUT2D eigenvalue weighted by molar-refractivity contribution is -0.116. The zero-order chi connectivity index (χ0) is 15.4. The highest BCUT2D eigenvalue weighted by Gasteiger charge is 2.21. The molecule has 0 aliphatic heterocycles. The number of hydrogen-bond acceptors (Lipinski definition) is 2. The van der Waals surface area contributed by atoms with Crippen molar-refractivity contribution in [2.45, 2.75) is 12.8 Å². The fourth-order valence-corrected chi connectivity index (χ4v) is 1.88. The Morgan fingerprint density at radius 2 is 1.86 bits per heavy atom. The Morgan fingerprint density at radius 1 is 1.19 bits per heavy atom. The molecule has 1 amide bonds. The molecule has 0 aliphatic rings. The summed E-state index contributed by atoms with van der Waals surface area (Å²) in [6.45, 7) is 1.42. The van der Waals surface area contributed by atoms with E-state index in [1.807, 2.05) is 6.07 Å². The molecule has 0 aromatic heterocycles. The van der Waals surface area contributed by atoms with Gasteiger partial charge in [-0.1, -0.05) is 30.3 Å². The largest absolute Gasteiger partial charge is 0.322 e. The summed E-state index contributed by atoms with van der Waals surface area (Å²) in [6.07, 6.45) is 0. The number of amides is 1. The average molecular weight is 286 g/mol. The number of carbonyl (C=O) groups is 1. The SMILES string of the molecule is Cc1cc(F)c(NC(=O)C(C#N)c2ccccc2)cc1F. The van der Waals surface area contributed by atoms with Crippen LogP contribution in [-0.2, 0) is 4.79 Å². The number of nitriles is 1. The van der Waals surface area contributed by atoms with Gasteiger partial charge >= 0.3 is 0 Å². The number of nitrogens with zero attached hydrogens (tertiary/aromatic N) is 1. The van der Waals surface area contributed by atoms with Crippen LogP contribution in [0.25, 0.3) is 0 Å². The molecule has 5 heteroatoms. The van der Waals surface area contributed by atoms with Crippen molar-refractivity contribution >= 4 is 11.6 Å². The molecule has 3 nitrogen and oxygen atoms in total. The standard InChI is InChI=1S/C16H12F2N2O/c1-10-7-14(18)15(8-13(10)17)20-16(21)12(9-19)11-5-3-2-4-6-11/h2-8,12H,1H3,(H,20,21). The second kappa shape index (κ2) is 6.14. The molecule has 1 N–H and O–H groups in total. The number of halogens is 2. The fourth-order valence-electron chi connectivity index (χ4n) is 1.88. The van der Waals surface area contributed by atoms with Crippen molar-refractivity contribution in [2.24, 2.45) is 0 Å². The van der Waals surface area contributed by atoms with Crippen LogP contribution in [0.3, 0.4) is 0 Å². The smallest absolute Gasteiger partial charge is 0.246 e. The molecule has 2 aromatic carbocycles. The van der Waals surface area contributed by atoms with E-state index in [0.29, 0.717) is 5.56 Å². The minimum absolute atomic E-state index is 0.144. The predicted octanol–water partition coefficient (Wildman–Crippen LogP) is 3.52. The maximum absolute atomic E-state index is 13.7. The molecule has 0 fully saturated rings. The summed E-state index contributed by atoms with van der Waals surface area (Å²) in [4.78, 5) is 12.1. The minimum Gasteiger partial charge on any atom is -0.322 e. The van der Waals surface area contributed by atoms with Gasteiger partial charge in [0, 0.05) is 6.07 Å². The Balaban J connectivity index is 2.25. The van der Waals surface area contributed by atoms with Crippen LogP contribution in [0.2, 0.25) is 0 Å². The van der Waals surface area contributed by atoms with Crippen LogP contribution in [-0.4, -0.2) is 5.91 Å². The molecular weight excluding hydrogens is 274 g/mol. The lowest BCUT2D eigenvalue weighted by Crippen LogP contribution is -2.20. The van der Waals surface area contributed by atoms with E-state index in [1.165, 1.54) is 6.92 Å². The number of hydrogen-bond donors (Lipinski definition) is 1. The topological polar surface area (TPSA) is 52.9 Å². The number of carbonyl (C=O) groups excluding carboxylic acids is 1. The van der Waals surface area contributed by atoms with E-state index >= 15 is 0 Å². The number of anilines is 1. The van der Waals surface area contributed by atoms with Crippen LogP contribution in [0.4, 0.5) is 14.5 Å². The van der Waals surface area contributed by atoms with Gasteiger partial charge in [-0.3, -0.25) is 4.79 Å².